The molecule has 0 aliphatic heterocycles. The molecule has 0 saturated carbocycles. The van der Waals surface area contributed by atoms with Gasteiger partial charge in [-0.2, -0.15) is 0 Å². The Balaban J connectivity index is 1.39. The lowest BCUT2D eigenvalue weighted by Gasteiger charge is -2.20. The highest BCUT2D eigenvalue weighted by atomic mass is 16.5. The molecule has 246 valence electrons. The Morgan fingerprint density at radius 3 is 1.98 bits per heavy atom. The predicted molar refractivity (Wildman–Crippen MR) is 183 cm³/mol. The van der Waals surface area contributed by atoms with Crippen LogP contribution < -0.4 is 15.4 Å². The van der Waals surface area contributed by atoms with Crippen LogP contribution in [0.1, 0.15) is 74.4 Å². The first-order chi connectivity index (χ1) is 22.8. The fourth-order valence-electron chi connectivity index (χ4n) is 5.01. The lowest BCUT2D eigenvalue weighted by Crippen LogP contribution is -2.51. The van der Waals surface area contributed by atoms with Gasteiger partial charge in [-0.1, -0.05) is 88.1 Å². The fraction of sp³-hybridized carbons (Fsp3) is 0.342. The molecule has 2 amide bonds. The average molecular weight is 637 g/mol. The zero-order valence-electron chi connectivity index (χ0n) is 27.4. The number of aromatic nitrogens is 2. The van der Waals surface area contributed by atoms with E-state index in [4.69, 9.17) is 4.74 Å². The summed E-state index contributed by atoms with van der Waals surface area (Å²) in [5.74, 6) is -0.757. The number of carbonyl (C=O) groups is 3. The molecule has 9 nitrogen and oxygen atoms in total. The summed E-state index contributed by atoms with van der Waals surface area (Å²) in [6.45, 7) is 6.34. The summed E-state index contributed by atoms with van der Waals surface area (Å²) in [6, 6.07) is 20.4. The molecule has 1 aromatic heterocycles. The fourth-order valence-corrected chi connectivity index (χ4v) is 5.01. The number of carbonyl (C=O) groups excluding carboxylic acids is 2. The number of benzene rings is 3. The van der Waals surface area contributed by atoms with Gasteiger partial charge in [0.1, 0.15) is 17.8 Å². The van der Waals surface area contributed by atoms with Crippen molar-refractivity contribution >= 4 is 17.8 Å². The van der Waals surface area contributed by atoms with Gasteiger partial charge in [-0.15, -0.1) is 0 Å². The smallest absolute Gasteiger partial charge is 0.325 e. The molecule has 4 aromatic rings. The van der Waals surface area contributed by atoms with E-state index in [1.54, 1.807) is 24.5 Å². The summed E-state index contributed by atoms with van der Waals surface area (Å²) in [6.07, 6.45) is 10.6. The molecule has 0 radical (unpaired) electrons. The van der Waals surface area contributed by atoms with Gasteiger partial charge in [-0.25, -0.2) is 9.97 Å². The minimum atomic E-state index is -1.16. The third-order valence-electron chi connectivity index (χ3n) is 7.98. The molecule has 47 heavy (non-hydrogen) atoms. The molecular formula is C38H44N4O5. The minimum absolute atomic E-state index is 0.162. The third-order valence-corrected chi connectivity index (χ3v) is 7.98. The summed E-state index contributed by atoms with van der Waals surface area (Å²) in [5, 5.41) is 14.5. The van der Waals surface area contributed by atoms with Gasteiger partial charge in [0, 0.05) is 35.5 Å². The largest absolute Gasteiger partial charge is 0.494 e. The maximum Gasteiger partial charge on any atom is 0.325 e. The van der Waals surface area contributed by atoms with Crippen LogP contribution in [0, 0.1) is 0 Å². The molecule has 2 atom stereocenters. The summed E-state index contributed by atoms with van der Waals surface area (Å²) < 4.78 is 5.88. The summed E-state index contributed by atoms with van der Waals surface area (Å²) in [5.41, 5.74) is 4.96. The van der Waals surface area contributed by atoms with Crippen molar-refractivity contribution in [3.63, 3.8) is 0 Å². The van der Waals surface area contributed by atoms with Gasteiger partial charge in [0.25, 0.3) is 5.91 Å². The number of nitrogens with one attached hydrogen (secondary N) is 2. The van der Waals surface area contributed by atoms with Crippen LogP contribution in [0.25, 0.3) is 22.5 Å². The van der Waals surface area contributed by atoms with Gasteiger partial charge in [-0.05, 0) is 60.7 Å². The average Bonchev–Trinajstić information content (AvgIpc) is 3.10. The van der Waals surface area contributed by atoms with E-state index in [0.717, 1.165) is 53.0 Å². The third kappa shape index (κ3) is 10.5. The molecular weight excluding hydrogens is 592 g/mol. The van der Waals surface area contributed by atoms with Crippen molar-refractivity contribution < 1.29 is 24.2 Å². The van der Waals surface area contributed by atoms with Crippen molar-refractivity contribution in [1.29, 1.82) is 0 Å². The van der Waals surface area contributed by atoms with Crippen molar-refractivity contribution in [2.75, 3.05) is 6.61 Å². The lowest BCUT2D eigenvalue weighted by atomic mass is 10.0. The number of ether oxygens (including phenoxy) is 1. The van der Waals surface area contributed by atoms with Gasteiger partial charge in [0.15, 0.2) is 5.82 Å². The van der Waals surface area contributed by atoms with E-state index < -0.39 is 29.9 Å². The van der Waals surface area contributed by atoms with Crippen LogP contribution in [0.3, 0.4) is 0 Å². The topological polar surface area (TPSA) is 131 Å². The maximum absolute atomic E-state index is 13.1. The van der Waals surface area contributed by atoms with E-state index in [0.29, 0.717) is 11.4 Å². The number of unbranched alkanes of at least 4 members (excludes halogenated alkanes) is 4. The molecule has 1 heterocycles. The molecule has 0 saturated heterocycles. The van der Waals surface area contributed by atoms with Crippen LogP contribution in [-0.2, 0) is 22.4 Å². The quantitative estimate of drug-likeness (QED) is 0.111. The number of amides is 2. The molecule has 0 fully saturated rings. The molecule has 0 aliphatic rings. The second-order valence-corrected chi connectivity index (χ2v) is 11.6. The molecule has 0 aliphatic carbocycles. The standard InChI is InChI=1S/C38H44N4O5/c1-4-6-7-8-9-22-47-33-20-18-29(19-21-33)32-24-39-35(40-25-32)30-14-12-28(13-15-30)23-34(37(44)41-26(3)38(45)46)42-36(43)31-16-10-27(5-2)11-17-31/h10-21,24-26,34H,4-9,22-23H2,1-3H3,(H,41,44)(H,42,43)(H,45,46)/t26-,34+/m1/s1. The Labute approximate surface area is 276 Å². The summed E-state index contributed by atoms with van der Waals surface area (Å²) in [4.78, 5) is 46.6. The van der Waals surface area contributed by atoms with Crippen LogP contribution >= 0.6 is 0 Å². The number of carboxylic acid groups (broad SMARTS) is 1. The number of hydrogen-bond acceptors (Lipinski definition) is 6. The predicted octanol–water partition coefficient (Wildman–Crippen LogP) is 6.65. The van der Waals surface area contributed by atoms with Crippen molar-refractivity contribution in [3.05, 3.63) is 102 Å². The van der Waals surface area contributed by atoms with E-state index >= 15 is 0 Å². The number of carboxylic acids is 1. The minimum Gasteiger partial charge on any atom is -0.494 e. The molecule has 0 spiro atoms. The second-order valence-electron chi connectivity index (χ2n) is 11.6. The van der Waals surface area contributed by atoms with E-state index in [1.807, 2.05) is 67.6 Å². The van der Waals surface area contributed by atoms with Crippen molar-refractivity contribution in [1.82, 2.24) is 20.6 Å². The molecule has 9 heteroatoms. The normalized spacial score (nSPS) is 12.1. The number of aliphatic carboxylic acids is 1. The van der Waals surface area contributed by atoms with Crippen molar-refractivity contribution in [2.45, 2.75) is 77.8 Å². The second kappa shape index (κ2) is 17.6. The Hall–Kier alpha value is -5.05. The zero-order valence-corrected chi connectivity index (χ0v) is 27.4. The van der Waals surface area contributed by atoms with Gasteiger partial charge in [0.05, 0.1) is 6.61 Å². The Kier molecular flexibility index (Phi) is 13.0. The monoisotopic (exact) mass is 636 g/mol. The Bertz CT molecular complexity index is 1590. The maximum atomic E-state index is 13.1. The van der Waals surface area contributed by atoms with E-state index in [9.17, 15) is 19.5 Å². The van der Waals surface area contributed by atoms with Crippen LogP contribution in [0.15, 0.2) is 85.2 Å². The number of hydrogen-bond donors (Lipinski definition) is 3. The molecule has 3 N–H and O–H groups in total. The lowest BCUT2D eigenvalue weighted by molar-refractivity contribution is -0.141. The molecule has 4 rings (SSSR count). The molecule has 0 unspecified atom stereocenters. The van der Waals surface area contributed by atoms with E-state index in [1.165, 1.54) is 32.6 Å². The number of nitrogens with zero attached hydrogens (tertiary/aromatic N) is 2. The first-order valence-corrected chi connectivity index (χ1v) is 16.3. The zero-order chi connectivity index (χ0) is 33.6. The van der Waals surface area contributed by atoms with E-state index in [2.05, 4.69) is 27.5 Å². The first kappa shape index (κ1) is 34.8. The molecule has 3 aromatic carbocycles. The SMILES string of the molecule is CCCCCCCOc1ccc(-c2cnc(-c3ccc(C[C@H](NC(=O)c4ccc(CC)cc4)C(=O)N[C@H](C)C(=O)O)cc3)nc2)cc1. The van der Waals surface area contributed by atoms with Gasteiger partial charge < -0.3 is 20.5 Å². The Morgan fingerprint density at radius 1 is 0.745 bits per heavy atom. The van der Waals surface area contributed by atoms with Crippen molar-refractivity contribution in [2.24, 2.45) is 0 Å². The van der Waals surface area contributed by atoms with Crippen LogP contribution in [0.2, 0.25) is 0 Å². The summed E-state index contributed by atoms with van der Waals surface area (Å²) in [7, 11) is 0. The van der Waals surface area contributed by atoms with E-state index in [-0.39, 0.29) is 6.42 Å². The first-order valence-electron chi connectivity index (χ1n) is 16.3. The highest BCUT2D eigenvalue weighted by Gasteiger charge is 2.25. The van der Waals surface area contributed by atoms with Crippen LogP contribution in [0.5, 0.6) is 5.75 Å². The van der Waals surface area contributed by atoms with Gasteiger partial charge in [0.2, 0.25) is 5.91 Å². The summed E-state index contributed by atoms with van der Waals surface area (Å²) >= 11 is 0. The van der Waals surface area contributed by atoms with Gasteiger partial charge in [-0.3, -0.25) is 14.4 Å². The van der Waals surface area contributed by atoms with Crippen molar-refractivity contribution in [3.8, 4) is 28.3 Å². The van der Waals surface area contributed by atoms with Gasteiger partial charge >= 0.3 is 5.97 Å². The van der Waals surface area contributed by atoms with Crippen LogP contribution in [-0.4, -0.2) is 51.5 Å². The number of rotatable bonds is 17. The molecule has 0 bridgehead atoms. The Morgan fingerprint density at radius 2 is 1.36 bits per heavy atom. The highest BCUT2D eigenvalue weighted by Crippen LogP contribution is 2.24. The highest BCUT2D eigenvalue weighted by molar-refractivity contribution is 5.98. The number of aryl methyl sites for hydroxylation is 1. The van der Waals surface area contributed by atoms with Crippen LogP contribution in [0.4, 0.5) is 0 Å².